The van der Waals surface area contributed by atoms with Gasteiger partial charge in [0.15, 0.2) is 6.54 Å². The summed E-state index contributed by atoms with van der Waals surface area (Å²) in [7, 11) is 0. The van der Waals surface area contributed by atoms with Gasteiger partial charge in [-0.15, -0.1) is 0 Å². The number of carbonyl (C=O) groups excluding carboxylic acids is 2. The molecule has 1 aromatic heterocycles. The first-order valence-corrected chi connectivity index (χ1v) is 9.38. The molecule has 0 saturated carbocycles. The van der Waals surface area contributed by atoms with Crippen molar-refractivity contribution in [2.45, 2.75) is 53.2 Å². The number of Topliss-reactive ketones (excluding diaryl/α,β-unsaturated/α-hetero) is 1. The van der Waals surface area contributed by atoms with Crippen molar-refractivity contribution in [3.05, 3.63) is 23.0 Å². The summed E-state index contributed by atoms with van der Waals surface area (Å²) in [6.07, 6.45) is 2.45. The van der Waals surface area contributed by atoms with E-state index in [0.717, 1.165) is 54.4 Å². The number of nitrogens with one attached hydrogen (secondary N) is 2. The first-order valence-electron chi connectivity index (χ1n) is 9.38. The minimum absolute atomic E-state index is 0.00370. The molecule has 1 aliphatic rings. The zero-order valence-corrected chi connectivity index (χ0v) is 16.0. The van der Waals surface area contributed by atoms with E-state index in [4.69, 9.17) is 4.74 Å². The van der Waals surface area contributed by atoms with Crippen molar-refractivity contribution < 1.29 is 19.2 Å². The van der Waals surface area contributed by atoms with Gasteiger partial charge in [-0.3, -0.25) is 9.59 Å². The van der Waals surface area contributed by atoms with Gasteiger partial charge in [-0.05, 0) is 46.6 Å². The highest BCUT2D eigenvalue weighted by Gasteiger charge is 2.23. The van der Waals surface area contributed by atoms with Crippen molar-refractivity contribution in [3.8, 4) is 0 Å². The molecule has 2 atom stereocenters. The van der Waals surface area contributed by atoms with Gasteiger partial charge in [-0.25, -0.2) is 0 Å². The number of rotatable bonds is 9. The third kappa shape index (κ3) is 5.16. The summed E-state index contributed by atoms with van der Waals surface area (Å²) in [6, 6.07) is 1.98. The molecule has 1 unspecified atom stereocenters. The fourth-order valence-electron chi connectivity index (χ4n) is 3.48. The molecule has 0 aromatic carbocycles. The molecule has 2 heterocycles. The molecule has 140 valence electrons. The van der Waals surface area contributed by atoms with Crippen LogP contribution < -0.4 is 10.2 Å². The van der Waals surface area contributed by atoms with Crippen molar-refractivity contribution in [1.29, 1.82) is 0 Å². The molecule has 6 nitrogen and oxygen atoms in total. The van der Waals surface area contributed by atoms with Crippen LogP contribution in [-0.4, -0.2) is 55.1 Å². The van der Waals surface area contributed by atoms with Crippen LogP contribution in [0.5, 0.6) is 0 Å². The Hall–Kier alpha value is -1.66. The zero-order valence-electron chi connectivity index (χ0n) is 16.0. The highest BCUT2D eigenvalue weighted by molar-refractivity contribution is 5.98. The maximum atomic E-state index is 12.8. The molecular weight excluding hydrogens is 318 g/mol. The largest absolute Gasteiger partial charge is 0.376 e. The van der Waals surface area contributed by atoms with E-state index in [-0.39, 0.29) is 17.8 Å². The van der Waals surface area contributed by atoms with E-state index < -0.39 is 0 Å². The van der Waals surface area contributed by atoms with E-state index in [1.807, 2.05) is 33.8 Å². The number of aromatic nitrogens is 1. The predicted molar refractivity (Wildman–Crippen MR) is 97.1 cm³/mol. The standard InChI is InChI=1S/C19H31N3O3/c1-5-20-19(24)13-21(6-2)12-18(23)17-10-14(3)22(15(17)4)11-16-8-7-9-25-16/h10,16H,5-9,11-13H2,1-4H3,(H,20,24)/p+1/t16-/m0/s1. The summed E-state index contributed by atoms with van der Waals surface area (Å²) >= 11 is 0. The molecule has 1 fully saturated rings. The molecule has 1 saturated heterocycles. The number of carbonyl (C=O) groups is 2. The van der Waals surface area contributed by atoms with Crippen LogP contribution in [0, 0.1) is 13.8 Å². The van der Waals surface area contributed by atoms with Crippen LogP contribution in [-0.2, 0) is 16.1 Å². The van der Waals surface area contributed by atoms with E-state index in [1.54, 1.807) is 0 Å². The minimum atomic E-state index is -0.00370. The Morgan fingerprint density at radius 3 is 2.68 bits per heavy atom. The Labute approximate surface area is 150 Å². The summed E-state index contributed by atoms with van der Waals surface area (Å²) in [5.41, 5.74) is 2.88. The minimum Gasteiger partial charge on any atom is -0.376 e. The topological polar surface area (TPSA) is 64.8 Å². The lowest BCUT2D eigenvalue weighted by Crippen LogP contribution is -3.13. The number of nitrogens with zero attached hydrogens (tertiary/aromatic N) is 1. The van der Waals surface area contributed by atoms with Gasteiger partial charge < -0.3 is 19.5 Å². The van der Waals surface area contributed by atoms with Gasteiger partial charge in [0, 0.05) is 36.6 Å². The number of quaternary nitrogens is 1. The van der Waals surface area contributed by atoms with Crippen LogP contribution >= 0.6 is 0 Å². The fraction of sp³-hybridized carbons (Fsp3) is 0.684. The molecule has 0 aliphatic carbocycles. The number of ketones is 1. The second-order valence-electron chi connectivity index (χ2n) is 6.86. The number of ether oxygens (including phenoxy) is 1. The number of amides is 1. The monoisotopic (exact) mass is 350 g/mol. The molecule has 0 spiro atoms. The van der Waals surface area contributed by atoms with Crippen molar-refractivity contribution in [2.75, 3.05) is 32.8 Å². The Bertz CT molecular complexity index is 603. The van der Waals surface area contributed by atoms with E-state index >= 15 is 0 Å². The molecule has 0 radical (unpaired) electrons. The van der Waals surface area contributed by atoms with E-state index in [9.17, 15) is 9.59 Å². The normalized spacial score (nSPS) is 18.3. The number of hydrogen-bond acceptors (Lipinski definition) is 3. The SMILES string of the molecule is CCNC(=O)C[NH+](CC)CC(=O)c1cc(C)n(C[C@@H]2CCCO2)c1C. The van der Waals surface area contributed by atoms with Gasteiger partial charge in [0.1, 0.15) is 6.54 Å². The quantitative estimate of drug-likeness (QED) is 0.638. The molecule has 1 aromatic rings. The van der Waals surface area contributed by atoms with Crippen LogP contribution in [0.1, 0.15) is 48.4 Å². The molecule has 0 bridgehead atoms. The summed E-state index contributed by atoms with van der Waals surface area (Å²) in [6.45, 7) is 11.6. The van der Waals surface area contributed by atoms with Gasteiger partial charge in [0.2, 0.25) is 5.78 Å². The van der Waals surface area contributed by atoms with Crippen LogP contribution in [0.2, 0.25) is 0 Å². The molecule has 2 rings (SSSR count). The highest BCUT2D eigenvalue weighted by atomic mass is 16.5. The van der Waals surface area contributed by atoms with Crippen molar-refractivity contribution >= 4 is 11.7 Å². The van der Waals surface area contributed by atoms with E-state index in [2.05, 4.69) is 9.88 Å². The average Bonchev–Trinajstić information content (AvgIpc) is 3.18. The van der Waals surface area contributed by atoms with Gasteiger partial charge in [-0.1, -0.05) is 0 Å². The molecule has 1 amide bonds. The van der Waals surface area contributed by atoms with Crippen LogP contribution in [0.25, 0.3) is 0 Å². The summed E-state index contributed by atoms with van der Waals surface area (Å²) in [5.74, 6) is 0.101. The van der Waals surface area contributed by atoms with Gasteiger partial charge in [0.05, 0.1) is 12.6 Å². The smallest absolute Gasteiger partial charge is 0.275 e. The number of likely N-dealkylation sites (N-methyl/N-ethyl adjacent to an activating group) is 2. The van der Waals surface area contributed by atoms with Crippen molar-refractivity contribution in [3.63, 3.8) is 0 Å². The van der Waals surface area contributed by atoms with Crippen molar-refractivity contribution in [1.82, 2.24) is 9.88 Å². The molecule has 1 aliphatic heterocycles. The van der Waals surface area contributed by atoms with Crippen LogP contribution in [0.3, 0.4) is 0 Å². The number of hydrogen-bond donors (Lipinski definition) is 2. The van der Waals surface area contributed by atoms with Crippen LogP contribution in [0.4, 0.5) is 0 Å². The third-order valence-corrected chi connectivity index (χ3v) is 4.98. The molecular formula is C19H32N3O3+. The van der Waals surface area contributed by atoms with Crippen molar-refractivity contribution in [2.24, 2.45) is 0 Å². The summed E-state index contributed by atoms with van der Waals surface area (Å²) in [5, 5.41) is 2.80. The average molecular weight is 350 g/mol. The molecule has 2 N–H and O–H groups in total. The fourth-order valence-corrected chi connectivity index (χ4v) is 3.48. The zero-order chi connectivity index (χ0) is 18.4. The van der Waals surface area contributed by atoms with Gasteiger partial charge in [-0.2, -0.15) is 0 Å². The Balaban J connectivity index is 2.04. The first kappa shape index (κ1) is 19.7. The second-order valence-corrected chi connectivity index (χ2v) is 6.86. The molecule has 6 heteroatoms. The third-order valence-electron chi connectivity index (χ3n) is 4.98. The predicted octanol–water partition coefficient (Wildman–Crippen LogP) is 0.508. The number of aryl methyl sites for hydroxylation is 1. The maximum Gasteiger partial charge on any atom is 0.275 e. The Morgan fingerprint density at radius 1 is 1.32 bits per heavy atom. The van der Waals surface area contributed by atoms with Crippen LogP contribution in [0.15, 0.2) is 6.07 Å². The Morgan fingerprint density at radius 2 is 2.08 bits per heavy atom. The lowest BCUT2D eigenvalue weighted by molar-refractivity contribution is -0.881. The highest BCUT2D eigenvalue weighted by Crippen LogP contribution is 2.20. The lowest BCUT2D eigenvalue weighted by Gasteiger charge is -2.17. The summed E-state index contributed by atoms with van der Waals surface area (Å²) < 4.78 is 7.92. The maximum absolute atomic E-state index is 12.8. The first-order chi connectivity index (χ1) is 12.0. The lowest BCUT2D eigenvalue weighted by atomic mass is 10.1. The molecule has 25 heavy (non-hydrogen) atoms. The summed E-state index contributed by atoms with van der Waals surface area (Å²) in [4.78, 5) is 25.6. The van der Waals surface area contributed by atoms with Gasteiger partial charge in [0.25, 0.3) is 5.91 Å². The van der Waals surface area contributed by atoms with E-state index in [1.165, 1.54) is 0 Å². The second kappa shape index (κ2) is 9.15. The Kier molecular flexibility index (Phi) is 7.20. The van der Waals surface area contributed by atoms with Gasteiger partial charge >= 0.3 is 0 Å². The van der Waals surface area contributed by atoms with E-state index in [0.29, 0.717) is 19.6 Å².